The molecule has 0 amide bonds. The summed E-state index contributed by atoms with van der Waals surface area (Å²) >= 11 is 0. The lowest BCUT2D eigenvalue weighted by Crippen LogP contribution is -2.32. The van der Waals surface area contributed by atoms with Gasteiger partial charge in [0.2, 0.25) is 0 Å². The first-order valence-electron chi connectivity index (χ1n) is 5.77. The van der Waals surface area contributed by atoms with Crippen LogP contribution in [0.4, 0.5) is 4.39 Å². The predicted molar refractivity (Wildman–Crippen MR) is 66.0 cm³/mol. The van der Waals surface area contributed by atoms with E-state index in [2.05, 4.69) is 0 Å². The Bertz CT molecular complexity index is 378. The molecule has 0 aliphatic rings. The maximum Gasteiger partial charge on any atom is 0.156 e. The average Bonchev–Trinajstić information content (AvgIpc) is 2.37. The van der Waals surface area contributed by atoms with Gasteiger partial charge in [-0.2, -0.15) is 0 Å². The Kier molecular flexibility index (Phi) is 4.70. The molecule has 94 valence electrons. The van der Waals surface area contributed by atoms with Crippen molar-refractivity contribution in [1.82, 2.24) is 0 Å². The molecule has 0 spiro atoms. The highest BCUT2D eigenvalue weighted by Crippen LogP contribution is 2.31. The summed E-state index contributed by atoms with van der Waals surface area (Å²) in [6, 6.07) is 6.06. The van der Waals surface area contributed by atoms with Gasteiger partial charge in [-0.05, 0) is 44.0 Å². The van der Waals surface area contributed by atoms with Crippen LogP contribution in [0.1, 0.15) is 32.8 Å². The molecule has 0 saturated carbocycles. The molecule has 0 saturated heterocycles. The molecule has 17 heavy (non-hydrogen) atoms. The van der Waals surface area contributed by atoms with Crippen LogP contribution < -0.4 is 0 Å². The second-order valence-corrected chi connectivity index (χ2v) is 4.01. The topological polar surface area (TPSA) is 29.5 Å². The van der Waals surface area contributed by atoms with E-state index < -0.39 is 5.60 Å². The van der Waals surface area contributed by atoms with Crippen LogP contribution in [0, 0.1) is 5.82 Å². The zero-order valence-electron chi connectivity index (χ0n) is 10.5. The molecule has 1 aromatic carbocycles. The molecule has 0 heterocycles. The number of aliphatic hydroxyl groups excluding tert-OH is 1. The van der Waals surface area contributed by atoms with Crippen LogP contribution in [0.2, 0.25) is 0 Å². The Hall–Kier alpha value is -1.35. The highest BCUT2D eigenvalue weighted by atomic mass is 19.1. The average molecular weight is 238 g/mol. The van der Waals surface area contributed by atoms with Gasteiger partial charge in [-0.3, -0.25) is 0 Å². The van der Waals surface area contributed by atoms with E-state index >= 15 is 0 Å². The van der Waals surface area contributed by atoms with Crippen molar-refractivity contribution in [3.05, 3.63) is 47.5 Å². The molecule has 0 radical (unpaired) electrons. The lowest BCUT2D eigenvalue weighted by Gasteiger charge is -2.32. The van der Waals surface area contributed by atoms with E-state index in [-0.39, 0.29) is 12.4 Å². The quantitative estimate of drug-likeness (QED) is 0.797. The largest absolute Gasteiger partial charge is 0.485 e. The molecule has 0 aromatic heterocycles. The van der Waals surface area contributed by atoms with Gasteiger partial charge in [0.25, 0.3) is 0 Å². The van der Waals surface area contributed by atoms with E-state index in [1.807, 2.05) is 26.8 Å². The number of hydrogen-bond donors (Lipinski definition) is 1. The normalized spacial score (nSPS) is 15.5. The predicted octanol–water partition coefficient (Wildman–Crippen LogP) is 3.36. The number of aliphatic hydroxyl groups is 1. The van der Waals surface area contributed by atoms with E-state index in [0.717, 1.165) is 11.3 Å². The van der Waals surface area contributed by atoms with Crippen molar-refractivity contribution < 1.29 is 14.2 Å². The highest BCUT2D eigenvalue weighted by Gasteiger charge is 2.31. The SMILES string of the molecule is CC=C(C)OC(CC)(CO)c1ccc(F)cc1. The molecule has 0 bridgehead atoms. The molecule has 0 fully saturated rings. The highest BCUT2D eigenvalue weighted by molar-refractivity contribution is 5.24. The second-order valence-electron chi connectivity index (χ2n) is 4.01. The Morgan fingerprint density at radius 2 is 2.00 bits per heavy atom. The van der Waals surface area contributed by atoms with E-state index in [4.69, 9.17) is 4.74 Å². The number of ether oxygens (including phenoxy) is 1. The van der Waals surface area contributed by atoms with Crippen molar-refractivity contribution in [2.24, 2.45) is 0 Å². The molecule has 1 atom stereocenters. The van der Waals surface area contributed by atoms with Gasteiger partial charge in [0.05, 0.1) is 12.4 Å². The maximum atomic E-state index is 12.9. The number of allylic oxidation sites excluding steroid dienone is 2. The minimum Gasteiger partial charge on any atom is -0.485 e. The first kappa shape index (κ1) is 13.7. The molecule has 0 aliphatic carbocycles. The molecular weight excluding hydrogens is 219 g/mol. The third-order valence-corrected chi connectivity index (χ3v) is 2.96. The van der Waals surface area contributed by atoms with Crippen molar-refractivity contribution in [1.29, 1.82) is 0 Å². The van der Waals surface area contributed by atoms with Crippen LogP contribution in [0.3, 0.4) is 0 Å². The van der Waals surface area contributed by atoms with Crippen LogP contribution in [0.25, 0.3) is 0 Å². The summed E-state index contributed by atoms with van der Waals surface area (Å²) in [4.78, 5) is 0. The summed E-state index contributed by atoms with van der Waals surface area (Å²) in [5.41, 5.74) is -0.00491. The monoisotopic (exact) mass is 238 g/mol. The molecule has 1 N–H and O–H groups in total. The minimum absolute atomic E-state index is 0.139. The van der Waals surface area contributed by atoms with Crippen LogP contribution in [0.15, 0.2) is 36.1 Å². The Morgan fingerprint density at radius 1 is 1.41 bits per heavy atom. The standard InChI is InChI=1S/C14H19FO2/c1-4-11(3)17-14(5-2,10-16)12-6-8-13(15)9-7-12/h4,6-9,16H,5,10H2,1-3H3. The number of rotatable bonds is 5. The summed E-state index contributed by atoms with van der Waals surface area (Å²) in [5.74, 6) is 0.449. The zero-order valence-corrected chi connectivity index (χ0v) is 10.5. The Labute approximate surface area is 102 Å². The third-order valence-electron chi connectivity index (χ3n) is 2.96. The molecular formula is C14H19FO2. The first-order valence-corrected chi connectivity index (χ1v) is 5.77. The lowest BCUT2D eigenvalue weighted by molar-refractivity contribution is -0.0499. The molecule has 2 nitrogen and oxygen atoms in total. The summed E-state index contributed by atoms with van der Waals surface area (Å²) < 4.78 is 18.7. The van der Waals surface area contributed by atoms with Crippen LogP contribution in [-0.2, 0) is 10.3 Å². The van der Waals surface area contributed by atoms with E-state index in [0.29, 0.717) is 6.42 Å². The molecule has 0 aliphatic heterocycles. The van der Waals surface area contributed by atoms with Crippen molar-refractivity contribution in [2.75, 3.05) is 6.61 Å². The van der Waals surface area contributed by atoms with Gasteiger partial charge in [0, 0.05) is 0 Å². The van der Waals surface area contributed by atoms with Gasteiger partial charge >= 0.3 is 0 Å². The van der Waals surface area contributed by atoms with Gasteiger partial charge in [0.1, 0.15) is 5.82 Å². The summed E-state index contributed by atoms with van der Waals surface area (Å²) in [7, 11) is 0. The summed E-state index contributed by atoms with van der Waals surface area (Å²) in [5, 5.41) is 9.60. The van der Waals surface area contributed by atoms with Gasteiger partial charge in [-0.1, -0.05) is 19.1 Å². The van der Waals surface area contributed by atoms with Crippen LogP contribution >= 0.6 is 0 Å². The fourth-order valence-electron chi connectivity index (χ4n) is 1.69. The van der Waals surface area contributed by atoms with Crippen molar-refractivity contribution in [3.8, 4) is 0 Å². The van der Waals surface area contributed by atoms with Gasteiger partial charge < -0.3 is 9.84 Å². The summed E-state index contributed by atoms with van der Waals surface area (Å²) in [6.45, 7) is 5.50. The number of hydrogen-bond acceptors (Lipinski definition) is 2. The minimum atomic E-state index is -0.787. The van der Waals surface area contributed by atoms with Gasteiger partial charge in [0.15, 0.2) is 5.60 Å². The molecule has 1 rings (SSSR count). The molecule has 1 aromatic rings. The van der Waals surface area contributed by atoms with Crippen molar-refractivity contribution in [2.45, 2.75) is 32.8 Å². The van der Waals surface area contributed by atoms with E-state index in [1.165, 1.54) is 12.1 Å². The van der Waals surface area contributed by atoms with Crippen LogP contribution in [-0.4, -0.2) is 11.7 Å². The van der Waals surface area contributed by atoms with Crippen LogP contribution in [0.5, 0.6) is 0 Å². The lowest BCUT2D eigenvalue weighted by atomic mass is 9.91. The fraction of sp³-hybridized carbons (Fsp3) is 0.429. The second kappa shape index (κ2) is 5.82. The van der Waals surface area contributed by atoms with Gasteiger partial charge in [-0.15, -0.1) is 0 Å². The maximum absolute atomic E-state index is 12.9. The first-order chi connectivity index (χ1) is 8.07. The smallest absolute Gasteiger partial charge is 0.156 e. The zero-order chi connectivity index (χ0) is 12.9. The third kappa shape index (κ3) is 3.07. The van der Waals surface area contributed by atoms with Gasteiger partial charge in [-0.25, -0.2) is 4.39 Å². The van der Waals surface area contributed by atoms with E-state index in [1.54, 1.807) is 12.1 Å². The fourth-order valence-corrected chi connectivity index (χ4v) is 1.69. The Morgan fingerprint density at radius 3 is 2.41 bits per heavy atom. The van der Waals surface area contributed by atoms with E-state index in [9.17, 15) is 9.50 Å². The number of benzene rings is 1. The number of halogens is 1. The summed E-state index contributed by atoms with van der Waals surface area (Å²) in [6.07, 6.45) is 2.45. The van der Waals surface area contributed by atoms with Crippen molar-refractivity contribution in [3.63, 3.8) is 0 Å². The Balaban J connectivity index is 3.10. The molecule has 3 heteroatoms. The molecule has 1 unspecified atom stereocenters. The van der Waals surface area contributed by atoms with Crippen molar-refractivity contribution >= 4 is 0 Å².